The first-order chi connectivity index (χ1) is 35.9. The smallest absolute Gasteiger partial charge is 0.459 e. The molecule has 2 saturated heterocycles. The molecule has 27 heteroatoms. The van der Waals surface area contributed by atoms with Gasteiger partial charge in [-0.05, 0) is 85.7 Å². The highest BCUT2D eigenvalue weighted by atomic mass is 31.2. The van der Waals surface area contributed by atoms with Crippen LogP contribution in [-0.4, -0.2) is 132 Å². The summed E-state index contributed by atoms with van der Waals surface area (Å²) in [6.45, 7) is 8.30. The first-order valence-corrected chi connectivity index (χ1v) is 25.0. The average Bonchev–Trinajstić information content (AvgIpc) is 3.71. The number of H-pyrrole nitrogens is 1. The zero-order valence-electron chi connectivity index (χ0n) is 46.1. The van der Waals surface area contributed by atoms with E-state index in [1.807, 2.05) is 4.98 Å². The van der Waals surface area contributed by atoms with Crippen LogP contribution >= 0.6 is 15.5 Å². The SMILES string of the molecule is [2H]C1=CN([C@@H]2O[C@H](C([2H])([2H])O[P@](=O)(N[C@@H](C)C(=O)OC(C)C)Oc3ccccc3)[C@@H](O)[C@@]2(C)O)C(=O)NC1=C.[2H]c1cn([C@@H]2O[C@H](C([2H])([2H])O[P@@](=O)(N[C@@H](C)C(=O)OC(C)C)Oc3ccccc3)[C@@H](O)[C@@]2(C)O)c(=O)[nH]c1=O. The van der Waals surface area contributed by atoms with Gasteiger partial charge in [0.1, 0.15) is 59.2 Å². The molecule has 2 aromatic carbocycles. The van der Waals surface area contributed by atoms with Gasteiger partial charge in [-0.1, -0.05) is 43.0 Å². The number of allylic oxidation sites excluding steroid dienone is 1. The van der Waals surface area contributed by atoms with Crippen LogP contribution in [0.2, 0.25) is 0 Å². The van der Waals surface area contributed by atoms with Crippen LogP contribution in [0.4, 0.5) is 4.79 Å². The molecule has 1 aromatic heterocycles. The molecule has 0 aliphatic carbocycles. The molecule has 3 aromatic rings. The minimum Gasteiger partial charge on any atom is -0.462 e. The van der Waals surface area contributed by atoms with Crippen molar-refractivity contribution in [2.24, 2.45) is 0 Å². The van der Waals surface area contributed by atoms with Gasteiger partial charge >= 0.3 is 39.2 Å². The third-order valence-electron chi connectivity index (χ3n) is 10.1. The number of rotatable bonds is 20. The Morgan fingerprint density at radius 2 is 1.22 bits per heavy atom. The van der Waals surface area contributed by atoms with Gasteiger partial charge in [0, 0.05) is 24.1 Å². The highest BCUT2D eigenvalue weighted by molar-refractivity contribution is 7.52. The van der Waals surface area contributed by atoms with Crippen LogP contribution in [0.1, 0.15) is 69.8 Å². The van der Waals surface area contributed by atoms with Crippen LogP contribution in [-0.2, 0) is 46.7 Å². The number of aromatic amines is 1. The lowest BCUT2D eigenvalue weighted by Crippen LogP contribution is -2.55. The molecule has 2 fully saturated rings. The minimum absolute atomic E-state index is 0.00431. The fourth-order valence-corrected chi connectivity index (χ4v) is 9.26. The predicted molar refractivity (Wildman–Crippen MR) is 255 cm³/mol. The van der Waals surface area contributed by atoms with E-state index >= 15 is 0 Å². The molecular formula is C45H62N6O19P2. The lowest BCUT2D eigenvalue weighted by Gasteiger charge is -2.35. The molecule has 25 nitrogen and oxygen atoms in total. The third-order valence-corrected chi connectivity index (χ3v) is 13.1. The molecule has 3 aliphatic rings. The van der Waals surface area contributed by atoms with Crippen molar-refractivity contribution in [3.05, 3.63) is 118 Å². The van der Waals surface area contributed by atoms with Gasteiger partial charge in [0.25, 0.3) is 5.56 Å². The molecule has 396 valence electrons. The summed E-state index contributed by atoms with van der Waals surface area (Å²) in [7, 11) is -9.56. The van der Waals surface area contributed by atoms with Gasteiger partial charge in [-0.3, -0.25) is 37.9 Å². The lowest BCUT2D eigenvalue weighted by atomic mass is 9.96. The van der Waals surface area contributed by atoms with Gasteiger partial charge in [0.15, 0.2) is 12.5 Å². The zero-order chi connectivity index (χ0) is 58.7. The summed E-state index contributed by atoms with van der Waals surface area (Å²) in [6, 6.07) is 10.8. The highest BCUT2D eigenvalue weighted by Gasteiger charge is 2.57. The Balaban J connectivity index is 0.000000287. The first kappa shape index (κ1) is 48.7. The number of nitrogens with zero attached hydrogens (tertiary/aromatic N) is 2. The molecule has 0 saturated carbocycles. The fraction of sp³-hybridized carbons (Fsp3) is 0.489. The molecule has 2 amide bonds. The summed E-state index contributed by atoms with van der Waals surface area (Å²) in [5.74, 6) is -1.67. The quantitative estimate of drug-likeness (QED) is 0.0596. The lowest BCUT2D eigenvalue weighted by molar-refractivity contribution is -0.150. The Kier molecular flexibility index (Phi) is 16.2. The monoisotopic (exact) mass is 1060 g/mol. The van der Waals surface area contributed by atoms with Crippen molar-refractivity contribution in [2.75, 3.05) is 13.1 Å². The number of urea groups is 1. The number of hydrogen-bond acceptors (Lipinski definition) is 19. The van der Waals surface area contributed by atoms with Crippen LogP contribution in [0, 0.1) is 0 Å². The number of aliphatic hydroxyl groups is 4. The van der Waals surface area contributed by atoms with E-state index in [2.05, 4.69) is 22.1 Å². The van der Waals surface area contributed by atoms with E-state index in [1.165, 1.54) is 38.1 Å². The van der Waals surface area contributed by atoms with Crippen molar-refractivity contribution >= 4 is 33.5 Å². The second-order valence-electron chi connectivity index (χ2n) is 17.1. The van der Waals surface area contributed by atoms with Crippen molar-refractivity contribution in [1.82, 2.24) is 29.9 Å². The number of hydrogen-bond donors (Lipinski definition) is 8. The summed E-state index contributed by atoms with van der Waals surface area (Å²) >= 11 is 0. The third kappa shape index (κ3) is 14.8. The van der Waals surface area contributed by atoms with Crippen LogP contribution < -0.4 is 35.8 Å². The number of nitrogens with one attached hydrogen (secondary N) is 4. The van der Waals surface area contributed by atoms with Gasteiger partial charge in [0.05, 0.1) is 33.6 Å². The molecule has 6 rings (SSSR count). The maximum atomic E-state index is 13.8. The van der Waals surface area contributed by atoms with E-state index in [0.717, 1.165) is 31.1 Å². The van der Waals surface area contributed by atoms with Gasteiger partial charge in [-0.25, -0.2) is 18.7 Å². The van der Waals surface area contributed by atoms with Crippen molar-refractivity contribution < 1.29 is 89.2 Å². The summed E-state index contributed by atoms with van der Waals surface area (Å²) in [6.07, 6.45) is -11.0. The first-order valence-electron chi connectivity index (χ1n) is 24.9. The molecule has 12 atom stereocenters. The van der Waals surface area contributed by atoms with E-state index < -0.39 is 136 Å². The van der Waals surface area contributed by atoms with E-state index in [1.54, 1.807) is 64.1 Å². The molecule has 0 spiro atoms. The van der Waals surface area contributed by atoms with E-state index in [0.29, 0.717) is 4.57 Å². The summed E-state index contributed by atoms with van der Waals surface area (Å²) in [5, 5.41) is 50.5. The van der Waals surface area contributed by atoms with Gasteiger partial charge in [0.2, 0.25) is 0 Å². The topological polar surface area (TPSA) is 334 Å². The molecule has 0 radical (unpaired) electrons. The van der Waals surface area contributed by atoms with E-state index in [4.69, 9.17) is 45.3 Å². The molecule has 0 unspecified atom stereocenters. The Hall–Kier alpha value is -5.53. The van der Waals surface area contributed by atoms with Crippen LogP contribution in [0.25, 0.3) is 0 Å². The standard InChI is InChI=1S/C23H32N3O9P.C22H30N3O10P/c1-14(2)33-20(28)16(4)25-36(31,35-17-9-7-6-8-10-17)32-13-18-19(27)23(5,30)21(34-18)26-12-11-15(3)24-22(26)29;1-13(2)33-19(28)14(3)24-36(31,35-15-8-6-5-7-9-15)32-12-16-18(27)22(4,30)20(34-16)25-11-10-17(26)23-21(25)29/h6-12,14,16,18-19,21,27,30H,3,13H2,1-2,4-5H3,(H,24,29)(H,25,31);5-11,13-14,16,18,20,27,30H,12H2,1-4H3,(H,24,31)(H,23,26,29)/t16-,18+,19+,21+,23+,36+;14-,16+,18+,20+,22+,36-/m00/s1/i11D,13D2;10D,12D2. The Morgan fingerprint density at radius 3 is 1.67 bits per heavy atom. The summed E-state index contributed by atoms with van der Waals surface area (Å²) < 4.78 is 120. The Bertz CT molecular complexity index is 2920. The van der Waals surface area contributed by atoms with Crippen LogP contribution in [0.3, 0.4) is 0 Å². The highest BCUT2D eigenvalue weighted by Crippen LogP contribution is 2.48. The number of carbonyl (C=O) groups is 3. The van der Waals surface area contributed by atoms with Crippen molar-refractivity contribution in [3.8, 4) is 11.5 Å². The normalized spacial score (nSPS) is 29.2. The van der Waals surface area contributed by atoms with Gasteiger partial charge < -0.3 is 53.7 Å². The number of aromatic nitrogens is 2. The number of ether oxygens (including phenoxy) is 4. The minimum atomic E-state index is -4.80. The molecule has 3 aliphatic heterocycles. The number of para-hydroxylation sites is 2. The number of esters is 2. The fourth-order valence-electron chi connectivity index (χ4n) is 6.53. The number of amides is 2. The Morgan fingerprint density at radius 1 is 0.792 bits per heavy atom. The second-order valence-corrected chi connectivity index (χ2v) is 20.3. The van der Waals surface area contributed by atoms with Crippen molar-refractivity contribution in [3.63, 3.8) is 0 Å². The number of aliphatic hydroxyl groups excluding tert-OH is 2. The van der Waals surface area contributed by atoms with Crippen molar-refractivity contribution in [1.29, 1.82) is 0 Å². The van der Waals surface area contributed by atoms with Crippen LogP contribution in [0.5, 0.6) is 11.5 Å². The van der Waals surface area contributed by atoms with Crippen LogP contribution in [0.15, 0.2) is 107 Å². The molecule has 8 N–H and O–H groups in total. The maximum absolute atomic E-state index is 13.8. The zero-order valence-corrected chi connectivity index (χ0v) is 41.9. The number of benzene rings is 2. The summed E-state index contributed by atoms with van der Waals surface area (Å²) in [4.78, 5) is 63.7. The van der Waals surface area contributed by atoms with E-state index in [9.17, 15) is 53.5 Å². The molecular weight excluding hydrogens is 990 g/mol. The largest absolute Gasteiger partial charge is 0.462 e. The molecule has 72 heavy (non-hydrogen) atoms. The predicted octanol–water partition coefficient (Wildman–Crippen LogP) is 2.69. The molecule has 4 heterocycles. The second kappa shape index (κ2) is 24.0. The summed E-state index contributed by atoms with van der Waals surface area (Å²) in [5.41, 5.74) is -6.77. The number of carbonyl (C=O) groups excluding carboxylic acids is 3. The van der Waals surface area contributed by atoms with E-state index in [-0.39, 0.29) is 23.2 Å². The van der Waals surface area contributed by atoms with Crippen molar-refractivity contribution in [2.45, 2.75) is 128 Å². The average molecular weight is 1060 g/mol. The van der Waals surface area contributed by atoms with Gasteiger partial charge in [-0.15, -0.1) is 0 Å². The van der Waals surface area contributed by atoms with Gasteiger partial charge in [-0.2, -0.15) is 10.2 Å². The molecule has 0 bridgehead atoms. The Labute approximate surface area is 422 Å². The maximum Gasteiger partial charge on any atom is 0.459 e.